The molecule has 0 saturated heterocycles. The molecule has 0 bridgehead atoms. The van der Waals surface area contributed by atoms with E-state index in [1.165, 1.54) is 5.56 Å². The van der Waals surface area contributed by atoms with E-state index in [-0.39, 0.29) is 22.7 Å². The minimum Gasteiger partial charge on any atom is -0.487 e. The molecule has 2 unspecified atom stereocenters. The molecule has 1 fully saturated rings. The van der Waals surface area contributed by atoms with Crippen LogP contribution in [0.5, 0.6) is 5.75 Å². The highest BCUT2D eigenvalue weighted by Gasteiger charge is 2.39. The van der Waals surface area contributed by atoms with Gasteiger partial charge in [-0.15, -0.1) is 0 Å². The SMILES string of the molecule is CCC(CC)(c1ccc(OC2CCCC(C)(C)C2O)c(C)c1)c1ccc2oc(C(=O)O)cc2c1. The van der Waals surface area contributed by atoms with E-state index in [2.05, 4.69) is 52.8 Å². The highest BCUT2D eigenvalue weighted by molar-refractivity contribution is 5.91. The van der Waals surface area contributed by atoms with Gasteiger partial charge in [-0.25, -0.2) is 4.79 Å². The van der Waals surface area contributed by atoms with Crippen LogP contribution in [0.4, 0.5) is 0 Å². The van der Waals surface area contributed by atoms with Crippen molar-refractivity contribution in [3.05, 3.63) is 64.9 Å². The first kappa shape index (κ1) is 24.3. The predicted octanol–water partition coefficient (Wildman–Crippen LogP) is 6.86. The summed E-state index contributed by atoms with van der Waals surface area (Å²) in [5, 5.41) is 20.9. The maximum absolute atomic E-state index is 11.3. The largest absolute Gasteiger partial charge is 0.487 e. The summed E-state index contributed by atoms with van der Waals surface area (Å²) in [6, 6.07) is 13.9. The summed E-state index contributed by atoms with van der Waals surface area (Å²) in [5.74, 6) is -0.285. The summed E-state index contributed by atoms with van der Waals surface area (Å²) in [6.07, 6.45) is 4.05. The van der Waals surface area contributed by atoms with Gasteiger partial charge in [-0.2, -0.15) is 0 Å². The van der Waals surface area contributed by atoms with E-state index in [4.69, 9.17) is 9.15 Å². The topological polar surface area (TPSA) is 79.9 Å². The lowest BCUT2D eigenvalue weighted by Gasteiger charge is -2.40. The summed E-state index contributed by atoms with van der Waals surface area (Å²) in [5.41, 5.74) is 3.62. The molecule has 1 saturated carbocycles. The number of aryl methyl sites for hydroxylation is 1. The van der Waals surface area contributed by atoms with E-state index in [0.29, 0.717) is 5.58 Å². The number of rotatable bonds is 7. The molecular weight excluding hydrogens is 428 g/mol. The second kappa shape index (κ2) is 9.10. The Morgan fingerprint density at radius 3 is 2.44 bits per heavy atom. The number of carboxylic acid groups (broad SMARTS) is 1. The van der Waals surface area contributed by atoms with Crippen molar-refractivity contribution in [2.45, 2.75) is 84.3 Å². The molecule has 2 atom stereocenters. The number of aromatic carboxylic acids is 1. The van der Waals surface area contributed by atoms with Gasteiger partial charge in [0, 0.05) is 10.8 Å². The van der Waals surface area contributed by atoms with Crippen LogP contribution < -0.4 is 4.74 Å². The van der Waals surface area contributed by atoms with Crippen molar-refractivity contribution in [3.8, 4) is 5.75 Å². The van der Waals surface area contributed by atoms with Gasteiger partial charge < -0.3 is 19.4 Å². The number of hydrogen-bond donors (Lipinski definition) is 2. The lowest BCUT2D eigenvalue weighted by molar-refractivity contribution is -0.0691. The number of carboxylic acids is 1. The molecule has 5 nitrogen and oxygen atoms in total. The first-order valence-electron chi connectivity index (χ1n) is 12.3. The number of aliphatic hydroxyl groups is 1. The van der Waals surface area contributed by atoms with Gasteiger partial charge in [0.05, 0.1) is 6.10 Å². The molecule has 1 heterocycles. The van der Waals surface area contributed by atoms with Crippen molar-refractivity contribution in [3.63, 3.8) is 0 Å². The molecular formula is C29H36O5. The average molecular weight is 465 g/mol. The van der Waals surface area contributed by atoms with E-state index in [0.717, 1.165) is 54.4 Å². The number of carbonyl (C=O) groups is 1. The van der Waals surface area contributed by atoms with Crippen LogP contribution in [-0.4, -0.2) is 28.4 Å². The van der Waals surface area contributed by atoms with Crippen LogP contribution in [0.3, 0.4) is 0 Å². The fraction of sp³-hybridized carbons (Fsp3) is 0.483. The summed E-state index contributed by atoms with van der Waals surface area (Å²) in [7, 11) is 0. The minimum atomic E-state index is -1.06. The Hall–Kier alpha value is -2.79. The van der Waals surface area contributed by atoms with Crippen LogP contribution >= 0.6 is 0 Å². The van der Waals surface area contributed by atoms with Gasteiger partial charge in [-0.3, -0.25) is 0 Å². The average Bonchev–Trinajstić information content (AvgIpc) is 3.24. The maximum atomic E-state index is 11.3. The first-order valence-corrected chi connectivity index (χ1v) is 12.3. The number of fused-ring (bicyclic) bond motifs is 1. The molecule has 1 aliphatic rings. The molecule has 0 amide bonds. The Bertz CT molecular complexity index is 1180. The minimum absolute atomic E-state index is 0.0452. The van der Waals surface area contributed by atoms with Crippen LogP contribution in [0.15, 0.2) is 46.9 Å². The molecule has 34 heavy (non-hydrogen) atoms. The van der Waals surface area contributed by atoms with Crippen LogP contribution in [0, 0.1) is 12.3 Å². The zero-order valence-corrected chi connectivity index (χ0v) is 20.9. The van der Waals surface area contributed by atoms with Crippen molar-refractivity contribution in [1.82, 2.24) is 0 Å². The zero-order valence-electron chi connectivity index (χ0n) is 20.9. The van der Waals surface area contributed by atoms with Crippen LogP contribution in [-0.2, 0) is 5.41 Å². The third-order valence-electron chi connectivity index (χ3n) is 7.96. The first-order chi connectivity index (χ1) is 16.1. The fourth-order valence-corrected chi connectivity index (χ4v) is 5.61. The van der Waals surface area contributed by atoms with Crippen molar-refractivity contribution in [2.75, 3.05) is 0 Å². The van der Waals surface area contributed by atoms with Crippen molar-refractivity contribution >= 4 is 16.9 Å². The normalized spacial score (nSPS) is 20.4. The van der Waals surface area contributed by atoms with Gasteiger partial charge in [-0.05, 0) is 85.4 Å². The van der Waals surface area contributed by atoms with Crippen molar-refractivity contribution in [1.29, 1.82) is 0 Å². The molecule has 0 aliphatic heterocycles. The van der Waals surface area contributed by atoms with Crippen LogP contribution in [0.25, 0.3) is 11.0 Å². The second-order valence-electron chi connectivity index (χ2n) is 10.4. The van der Waals surface area contributed by atoms with Crippen molar-refractivity contribution in [2.24, 2.45) is 5.41 Å². The van der Waals surface area contributed by atoms with Gasteiger partial charge in [-0.1, -0.05) is 45.9 Å². The van der Waals surface area contributed by atoms with Gasteiger partial charge in [0.1, 0.15) is 17.4 Å². The van der Waals surface area contributed by atoms with E-state index >= 15 is 0 Å². The Balaban J connectivity index is 1.67. The summed E-state index contributed by atoms with van der Waals surface area (Å²) < 4.78 is 11.8. The predicted molar refractivity (Wildman–Crippen MR) is 134 cm³/mol. The highest BCUT2D eigenvalue weighted by atomic mass is 16.5. The summed E-state index contributed by atoms with van der Waals surface area (Å²) in [4.78, 5) is 11.3. The third kappa shape index (κ3) is 4.22. The standard InChI is InChI=1S/C29H36O5/c1-6-29(7-2,21-11-13-23-19(16-21)17-25(34-23)27(31)32)20-10-12-22(18(3)15-20)33-24-9-8-14-28(4,5)26(24)30/h10-13,15-17,24,26,30H,6-9,14H2,1-5H3,(H,31,32). The Labute approximate surface area is 201 Å². The third-order valence-corrected chi connectivity index (χ3v) is 7.96. The smallest absolute Gasteiger partial charge is 0.371 e. The molecule has 2 aromatic carbocycles. The molecule has 1 aliphatic carbocycles. The lowest BCUT2D eigenvalue weighted by atomic mass is 9.70. The molecule has 5 heteroatoms. The van der Waals surface area contributed by atoms with Crippen molar-refractivity contribution < 1.29 is 24.2 Å². The van der Waals surface area contributed by atoms with Crippen LogP contribution in [0.1, 0.15) is 87.0 Å². The molecule has 182 valence electrons. The highest BCUT2D eigenvalue weighted by Crippen LogP contribution is 2.42. The fourth-order valence-electron chi connectivity index (χ4n) is 5.61. The lowest BCUT2D eigenvalue weighted by Crippen LogP contribution is -2.46. The molecule has 0 radical (unpaired) electrons. The van der Waals surface area contributed by atoms with E-state index in [1.807, 2.05) is 18.2 Å². The van der Waals surface area contributed by atoms with E-state index in [9.17, 15) is 15.0 Å². The van der Waals surface area contributed by atoms with Gasteiger partial charge >= 0.3 is 5.97 Å². The van der Waals surface area contributed by atoms with E-state index in [1.54, 1.807) is 6.07 Å². The number of ether oxygens (including phenoxy) is 1. The molecule has 0 spiro atoms. The molecule has 1 aromatic heterocycles. The molecule has 3 aromatic rings. The van der Waals surface area contributed by atoms with Gasteiger partial charge in [0.25, 0.3) is 0 Å². The Morgan fingerprint density at radius 1 is 1.12 bits per heavy atom. The van der Waals surface area contributed by atoms with Gasteiger partial charge in [0.2, 0.25) is 5.76 Å². The number of benzene rings is 2. The molecule has 4 rings (SSSR count). The maximum Gasteiger partial charge on any atom is 0.371 e. The number of hydrogen-bond acceptors (Lipinski definition) is 4. The molecule has 2 N–H and O–H groups in total. The quantitative estimate of drug-likeness (QED) is 0.399. The monoisotopic (exact) mass is 464 g/mol. The number of aliphatic hydroxyl groups excluding tert-OH is 1. The van der Waals surface area contributed by atoms with Gasteiger partial charge in [0.15, 0.2) is 0 Å². The summed E-state index contributed by atoms with van der Waals surface area (Å²) in [6.45, 7) is 10.7. The van der Waals surface area contributed by atoms with E-state index < -0.39 is 12.1 Å². The van der Waals surface area contributed by atoms with Crippen LogP contribution in [0.2, 0.25) is 0 Å². The number of furan rings is 1. The Morgan fingerprint density at radius 2 is 1.79 bits per heavy atom. The summed E-state index contributed by atoms with van der Waals surface area (Å²) >= 11 is 0. The Kier molecular flexibility index (Phi) is 6.52. The second-order valence-corrected chi connectivity index (χ2v) is 10.4. The zero-order chi connectivity index (χ0) is 24.7.